The monoisotopic (exact) mass is 346 g/mol. The largest absolute Gasteiger partial charge is 0.376 e. The second-order valence-corrected chi connectivity index (χ2v) is 6.06. The van der Waals surface area contributed by atoms with Crippen LogP contribution in [-0.4, -0.2) is 12.5 Å². The summed E-state index contributed by atoms with van der Waals surface area (Å²) < 4.78 is 0.891. The van der Waals surface area contributed by atoms with Gasteiger partial charge < -0.3 is 10.6 Å². The van der Waals surface area contributed by atoms with Crippen LogP contribution in [0.25, 0.3) is 0 Å². The zero-order valence-electron chi connectivity index (χ0n) is 12.5. The molecule has 0 aliphatic rings. The number of halogens is 1. The van der Waals surface area contributed by atoms with Crippen LogP contribution in [0.5, 0.6) is 0 Å². The van der Waals surface area contributed by atoms with E-state index in [-0.39, 0.29) is 12.5 Å². The van der Waals surface area contributed by atoms with Crippen molar-refractivity contribution in [2.24, 2.45) is 0 Å². The molecule has 0 heterocycles. The van der Waals surface area contributed by atoms with Gasteiger partial charge in [-0.15, -0.1) is 0 Å². The number of nitrogens with one attached hydrogen (secondary N) is 2. The number of anilines is 2. The van der Waals surface area contributed by atoms with Gasteiger partial charge in [0.25, 0.3) is 0 Å². The highest BCUT2D eigenvalue weighted by Crippen LogP contribution is 2.23. The first-order valence-electron chi connectivity index (χ1n) is 6.83. The summed E-state index contributed by atoms with van der Waals surface area (Å²) in [7, 11) is 0. The molecule has 0 aliphatic heterocycles. The molecule has 2 aromatic carbocycles. The van der Waals surface area contributed by atoms with Crippen molar-refractivity contribution >= 4 is 33.2 Å². The van der Waals surface area contributed by atoms with Crippen LogP contribution >= 0.6 is 15.9 Å². The van der Waals surface area contributed by atoms with Crippen molar-refractivity contribution in [2.75, 3.05) is 17.2 Å². The maximum absolute atomic E-state index is 12.0. The molecule has 2 rings (SSSR count). The van der Waals surface area contributed by atoms with Crippen LogP contribution in [0.3, 0.4) is 0 Å². The van der Waals surface area contributed by atoms with E-state index in [1.807, 2.05) is 51.1 Å². The van der Waals surface area contributed by atoms with Crippen molar-refractivity contribution < 1.29 is 4.79 Å². The van der Waals surface area contributed by atoms with Gasteiger partial charge in [-0.2, -0.15) is 0 Å². The molecular formula is C17H19BrN2O. The quantitative estimate of drug-likeness (QED) is 0.859. The molecule has 21 heavy (non-hydrogen) atoms. The summed E-state index contributed by atoms with van der Waals surface area (Å²) >= 11 is 3.46. The van der Waals surface area contributed by atoms with E-state index >= 15 is 0 Å². The standard InChI is InChI=1S/C17H19BrN2O/c1-11-5-7-15(14(18)8-11)20-17(21)10-19-16-9-12(2)4-6-13(16)3/h4-9,19H,10H2,1-3H3,(H,20,21). The summed E-state index contributed by atoms with van der Waals surface area (Å²) in [5.74, 6) is -0.0690. The minimum atomic E-state index is -0.0690. The van der Waals surface area contributed by atoms with Gasteiger partial charge in [0.1, 0.15) is 0 Å². The Bertz CT molecular complexity index is 668. The van der Waals surface area contributed by atoms with Gasteiger partial charge >= 0.3 is 0 Å². The van der Waals surface area contributed by atoms with Gasteiger partial charge in [0.05, 0.1) is 12.2 Å². The van der Waals surface area contributed by atoms with Gasteiger partial charge in [0.2, 0.25) is 5.91 Å². The molecule has 0 aromatic heterocycles. The molecule has 4 heteroatoms. The number of benzene rings is 2. The predicted octanol–water partition coefficient (Wildman–Crippen LogP) is 4.42. The Morgan fingerprint density at radius 1 is 1.00 bits per heavy atom. The number of rotatable bonds is 4. The van der Waals surface area contributed by atoms with E-state index in [4.69, 9.17) is 0 Å². The van der Waals surface area contributed by atoms with E-state index in [1.165, 1.54) is 5.56 Å². The van der Waals surface area contributed by atoms with Gasteiger partial charge in [-0.05, 0) is 71.6 Å². The molecule has 0 bridgehead atoms. The lowest BCUT2D eigenvalue weighted by molar-refractivity contribution is -0.114. The number of hydrogen-bond acceptors (Lipinski definition) is 2. The Hall–Kier alpha value is -1.81. The molecule has 0 spiro atoms. The van der Waals surface area contributed by atoms with Crippen LogP contribution in [0.1, 0.15) is 16.7 Å². The molecule has 0 fully saturated rings. The maximum atomic E-state index is 12.0. The molecule has 3 nitrogen and oxygen atoms in total. The molecule has 0 atom stereocenters. The van der Waals surface area contributed by atoms with Gasteiger partial charge in [0.15, 0.2) is 0 Å². The third-order valence-electron chi connectivity index (χ3n) is 3.23. The first kappa shape index (κ1) is 15.6. The molecule has 0 saturated carbocycles. The molecule has 0 unspecified atom stereocenters. The summed E-state index contributed by atoms with van der Waals surface area (Å²) in [6.45, 7) is 6.31. The molecular weight excluding hydrogens is 328 g/mol. The van der Waals surface area contributed by atoms with E-state index in [1.54, 1.807) is 0 Å². The minimum Gasteiger partial charge on any atom is -0.376 e. The Labute approximate surface area is 133 Å². The number of hydrogen-bond donors (Lipinski definition) is 2. The molecule has 0 saturated heterocycles. The molecule has 2 N–H and O–H groups in total. The molecule has 110 valence electrons. The van der Waals surface area contributed by atoms with Gasteiger partial charge in [0, 0.05) is 10.2 Å². The number of carbonyl (C=O) groups excluding carboxylic acids is 1. The molecule has 2 aromatic rings. The first-order chi connectivity index (χ1) is 9.95. The van der Waals surface area contributed by atoms with E-state index < -0.39 is 0 Å². The fourth-order valence-electron chi connectivity index (χ4n) is 2.02. The van der Waals surface area contributed by atoms with Crippen molar-refractivity contribution in [3.05, 3.63) is 57.6 Å². The minimum absolute atomic E-state index is 0.0690. The summed E-state index contributed by atoms with van der Waals surface area (Å²) in [6.07, 6.45) is 0. The van der Waals surface area contributed by atoms with Crippen LogP contribution in [-0.2, 0) is 4.79 Å². The lowest BCUT2D eigenvalue weighted by Gasteiger charge is -2.12. The van der Waals surface area contributed by atoms with Crippen LogP contribution < -0.4 is 10.6 Å². The van der Waals surface area contributed by atoms with E-state index in [0.29, 0.717) is 0 Å². The Morgan fingerprint density at radius 3 is 2.38 bits per heavy atom. The summed E-state index contributed by atoms with van der Waals surface area (Å²) in [6, 6.07) is 12.0. The van der Waals surface area contributed by atoms with Crippen molar-refractivity contribution in [1.82, 2.24) is 0 Å². The van der Waals surface area contributed by atoms with Crippen molar-refractivity contribution in [2.45, 2.75) is 20.8 Å². The average Bonchev–Trinajstić information content (AvgIpc) is 2.43. The topological polar surface area (TPSA) is 41.1 Å². The predicted molar refractivity (Wildman–Crippen MR) is 91.9 cm³/mol. The number of aryl methyl sites for hydroxylation is 3. The zero-order chi connectivity index (χ0) is 15.4. The SMILES string of the molecule is Cc1ccc(NC(=O)CNc2cc(C)ccc2C)c(Br)c1. The Kier molecular flexibility index (Phi) is 5.02. The smallest absolute Gasteiger partial charge is 0.243 e. The fraction of sp³-hybridized carbons (Fsp3) is 0.235. The first-order valence-corrected chi connectivity index (χ1v) is 7.62. The van der Waals surface area contributed by atoms with Crippen LogP contribution in [0, 0.1) is 20.8 Å². The van der Waals surface area contributed by atoms with Crippen LogP contribution in [0.4, 0.5) is 11.4 Å². The second-order valence-electron chi connectivity index (χ2n) is 5.20. The zero-order valence-corrected chi connectivity index (χ0v) is 14.0. The Balaban J connectivity index is 1.97. The molecule has 1 amide bonds. The van der Waals surface area contributed by atoms with Gasteiger partial charge in [-0.1, -0.05) is 18.2 Å². The normalized spacial score (nSPS) is 10.3. The molecule has 0 aliphatic carbocycles. The highest BCUT2D eigenvalue weighted by molar-refractivity contribution is 9.10. The average molecular weight is 347 g/mol. The van der Waals surface area contributed by atoms with Crippen LogP contribution in [0.2, 0.25) is 0 Å². The lowest BCUT2D eigenvalue weighted by Crippen LogP contribution is -2.22. The van der Waals surface area contributed by atoms with E-state index in [2.05, 4.69) is 32.6 Å². The maximum Gasteiger partial charge on any atom is 0.243 e. The van der Waals surface area contributed by atoms with Gasteiger partial charge in [-0.3, -0.25) is 4.79 Å². The second kappa shape index (κ2) is 6.76. The van der Waals surface area contributed by atoms with Gasteiger partial charge in [-0.25, -0.2) is 0 Å². The van der Waals surface area contributed by atoms with Crippen molar-refractivity contribution in [3.8, 4) is 0 Å². The highest BCUT2D eigenvalue weighted by Gasteiger charge is 2.06. The van der Waals surface area contributed by atoms with Crippen molar-refractivity contribution in [1.29, 1.82) is 0 Å². The third kappa shape index (κ3) is 4.33. The molecule has 0 radical (unpaired) electrons. The summed E-state index contributed by atoms with van der Waals surface area (Å²) in [5, 5.41) is 6.07. The Morgan fingerprint density at radius 2 is 1.67 bits per heavy atom. The van der Waals surface area contributed by atoms with E-state index in [9.17, 15) is 4.79 Å². The van der Waals surface area contributed by atoms with Crippen LogP contribution in [0.15, 0.2) is 40.9 Å². The number of carbonyl (C=O) groups is 1. The fourth-order valence-corrected chi connectivity index (χ4v) is 2.61. The van der Waals surface area contributed by atoms with E-state index in [0.717, 1.165) is 27.0 Å². The summed E-state index contributed by atoms with van der Waals surface area (Å²) in [4.78, 5) is 12.0. The van der Waals surface area contributed by atoms with Crippen molar-refractivity contribution in [3.63, 3.8) is 0 Å². The number of amides is 1. The highest BCUT2D eigenvalue weighted by atomic mass is 79.9. The lowest BCUT2D eigenvalue weighted by atomic mass is 10.1. The third-order valence-corrected chi connectivity index (χ3v) is 3.89. The summed E-state index contributed by atoms with van der Waals surface area (Å²) in [5.41, 5.74) is 5.23.